The van der Waals surface area contributed by atoms with Gasteiger partial charge in [-0.2, -0.15) is 4.31 Å². The molecule has 1 aliphatic heterocycles. The summed E-state index contributed by atoms with van der Waals surface area (Å²) in [5.41, 5.74) is 0. The third-order valence-electron chi connectivity index (χ3n) is 7.25. The smallest absolute Gasteiger partial charge is 0.307 e. The summed E-state index contributed by atoms with van der Waals surface area (Å²) in [5, 5.41) is 12.9. The molecular formula is C26H34Cl2N4O5S. The van der Waals surface area contributed by atoms with Crippen molar-refractivity contribution in [2.45, 2.75) is 56.0 Å². The number of esters is 1. The molecule has 1 saturated carbocycles. The van der Waals surface area contributed by atoms with Gasteiger partial charge in [-0.15, -0.1) is 12.4 Å². The van der Waals surface area contributed by atoms with Crippen LogP contribution in [0, 0.1) is 11.3 Å². The molecule has 2 aromatic carbocycles. The number of amides is 1. The van der Waals surface area contributed by atoms with Crippen molar-refractivity contribution >= 4 is 62.5 Å². The summed E-state index contributed by atoms with van der Waals surface area (Å²) in [7, 11) is -2.67. The van der Waals surface area contributed by atoms with Crippen LogP contribution in [0.1, 0.15) is 39.0 Å². The van der Waals surface area contributed by atoms with E-state index in [1.165, 1.54) is 11.4 Å². The number of nitrogens with zero attached hydrogens (tertiary/aromatic N) is 2. The highest BCUT2D eigenvalue weighted by atomic mass is 35.5. The molecule has 0 spiro atoms. The van der Waals surface area contributed by atoms with Gasteiger partial charge >= 0.3 is 5.97 Å². The van der Waals surface area contributed by atoms with Crippen LogP contribution >= 0.6 is 24.0 Å². The molecule has 2 N–H and O–H groups in total. The monoisotopic (exact) mass is 584 g/mol. The van der Waals surface area contributed by atoms with Crippen LogP contribution in [0.2, 0.25) is 5.02 Å². The molecule has 2 fully saturated rings. The van der Waals surface area contributed by atoms with E-state index >= 15 is 0 Å². The van der Waals surface area contributed by atoms with Gasteiger partial charge in [0.05, 0.1) is 30.3 Å². The molecule has 9 nitrogen and oxygen atoms in total. The molecule has 2 aliphatic rings. The van der Waals surface area contributed by atoms with Gasteiger partial charge in [0.15, 0.2) is 0 Å². The minimum Gasteiger partial charge on any atom is -0.469 e. The van der Waals surface area contributed by atoms with Crippen molar-refractivity contribution in [3.63, 3.8) is 0 Å². The first-order chi connectivity index (χ1) is 17.6. The number of carbonyl (C=O) groups excluding carboxylic acids is 2. The highest BCUT2D eigenvalue weighted by Gasteiger charge is 2.40. The standard InChI is InChI=1S/C26H33ClN4O5S.ClH/c1-17(28)29-22-8-4-18(5-9-22)26(33)30-11-12-31(23(16-30)15-25(32)36-2)37(34,35)24-10-6-19-13-21(27)7-3-20(19)14-24;/h3,6-7,10,13-14,18,22-23H,4-5,8-9,11-12,15-16H2,1-2H3,(H2,28,29);1H. The van der Waals surface area contributed by atoms with Gasteiger partial charge in [0.1, 0.15) is 0 Å². The number of rotatable bonds is 6. The van der Waals surface area contributed by atoms with Crippen molar-refractivity contribution in [2.75, 3.05) is 26.7 Å². The highest BCUT2D eigenvalue weighted by Crippen LogP contribution is 2.30. The summed E-state index contributed by atoms with van der Waals surface area (Å²) in [5.74, 6) is -0.243. The Hall–Kier alpha value is -2.40. The summed E-state index contributed by atoms with van der Waals surface area (Å²) in [4.78, 5) is 27.4. The second kappa shape index (κ2) is 12.6. The number of sulfonamides is 1. The van der Waals surface area contributed by atoms with Crippen LogP contribution in [0.4, 0.5) is 0 Å². The van der Waals surface area contributed by atoms with E-state index in [2.05, 4.69) is 5.32 Å². The van der Waals surface area contributed by atoms with Crippen molar-refractivity contribution < 1.29 is 22.7 Å². The van der Waals surface area contributed by atoms with Crippen molar-refractivity contribution in [2.24, 2.45) is 5.92 Å². The average molecular weight is 586 g/mol. The maximum atomic E-state index is 13.7. The third-order valence-corrected chi connectivity index (χ3v) is 9.43. The van der Waals surface area contributed by atoms with E-state index in [1.54, 1.807) is 48.2 Å². The lowest BCUT2D eigenvalue weighted by molar-refractivity contribution is -0.145. The number of hydrogen-bond acceptors (Lipinski definition) is 6. The molecule has 2 aromatic rings. The Bertz CT molecular complexity index is 1300. The van der Waals surface area contributed by atoms with Crippen LogP contribution in [0.5, 0.6) is 0 Å². The molecule has 1 heterocycles. The molecule has 1 saturated heterocycles. The topological polar surface area (TPSA) is 120 Å². The van der Waals surface area contributed by atoms with Gasteiger partial charge in [0.25, 0.3) is 0 Å². The quantitative estimate of drug-likeness (QED) is 0.302. The Kier molecular flexibility index (Phi) is 10.0. The predicted octanol–water partition coefficient (Wildman–Crippen LogP) is 3.83. The summed E-state index contributed by atoms with van der Waals surface area (Å²) in [6.45, 7) is 2.20. The molecule has 1 unspecified atom stereocenters. The van der Waals surface area contributed by atoms with Crippen LogP contribution in [-0.4, -0.2) is 74.2 Å². The van der Waals surface area contributed by atoms with E-state index in [0.717, 1.165) is 23.6 Å². The van der Waals surface area contributed by atoms with Crippen molar-refractivity contribution in [3.8, 4) is 0 Å². The van der Waals surface area contributed by atoms with Crippen LogP contribution in [0.15, 0.2) is 41.3 Å². The molecule has 1 atom stereocenters. The molecule has 208 valence electrons. The summed E-state index contributed by atoms with van der Waals surface area (Å²) in [6, 6.07) is 9.60. The number of fused-ring (bicyclic) bond motifs is 1. The zero-order valence-electron chi connectivity index (χ0n) is 21.5. The number of piperazine rings is 1. The Morgan fingerprint density at radius 2 is 1.74 bits per heavy atom. The first kappa shape index (κ1) is 30.1. The molecule has 12 heteroatoms. The van der Waals surface area contributed by atoms with Gasteiger partial charge in [-0.25, -0.2) is 8.42 Å². The maximum Gasteiger partial charge on any atom is 0.307 e. The fourth-order valence-electron chi connectivity index (χ4n) is 5.34. The van der Waals surface area contributed by atoms with Gasteiger partial charge in [0.2, 0.25) is 15.9 Å². The molecule has 38 heavy (non-hydrogen) atoms. The van der Waals surface area contributed by atoms with E-state index in [0.29, 0.717) is 23.7 Å². The first-order valence-corrected chi connectivity index (χ1v) is 14.3. The van der Waals surface area contributed by atoms with E-state index in [1.807, 2.05) is 0 Å². The van der Waals surface area contributed by atoms with E-state index in [4.69, 9.17) is 21.7 Å². The second-order valence-corrected chi connectivity index (χ2v) is 12.1. The van der Waals surface area contributed by atoms with E-state index < -0.39 is 22.0 Å². The molecule has 1 aliphatic carbocycles. The van der Waals surface area contributed by atoms with E-state index in [9.17, 15) is 18.0 Å². The number of benzene rings is 2. The average Bonchev–Trinajstić information content (AvgIpc) is 2.87. The molecule has 4 rings (SSSR count). The second-order valence-electron chi connectivity index (χ2n) is 9.81. The number of amidine groups is 1. The minimum atomic E-state index is -3.93. The molecule has 1 amide bonds. The molecule has 0 aromatic heterocycles. The lowest BCUT2D eigenvalue weighted by Gasteiger charge is -2.42. The van der Waals surface area contributed by atoms with Crippen LogP contribution in [0.25, 0.3) is 10.8 Å². The van der Waals surface area contributed by atoms with Gasteiger partial charge < -0.3 is 15.0 Å². The van der Waals surface area contributed by atoms with Crippen molar-refractivity contribution in [1.82, 2.24) is 14.5 Å². The fraction of sp³-hybridized carbons (Fsp3) is 0.500. The number of nitrogens with one attached hydrogen (secondary N) is 2. The summed E-state index contributed by atoms with van der Waals surface area (Å²) < 4.78 is 33.6. The molecular weight excluding hydrogens is 551 g/mol. The van der Waals surface area contributed by atoms with Crippen LogP contribution in [0.3, 0.4) is 0 Å². The van der Waals surface area contributed by atoms with Gasteiger partial charge in [-0.3, -0.25) is 15.0 Å². The fourth-order valence-corrected chi connectivity index (χ4v) is 7.16. The van der Waals surface area contributed by atoms with Crippen molar-refractivity contribution in [3.05, 3.63) is 41.4 Å². The zero-order valence-corrected chi connectivity index (χ0v) is 23.9. The van der Waals surface area contributed by atoms with Crippen LogP contribution in [-0.2, 0) is 24.3 Å². The number of carbonyl (C=O) groups is 2. The highest BCUT2D eigenvalue weighted by molar-refractivity contribution is 7.89. The first-order valence-electron chi connectivity index (χ1n) is 12.5. The molecule has 0 bridgehead atoms. The third kappa shape index (κ3) is 6.77. The SMILES string of the molecule is COC(=O)CC1CN(C(=O)C2CCC(NC(C)=N)CC2)CCN1S(=O)(=O)c1ccc2cc(Cl)ccc2c1.Cl. The number of ether oxygens (including phenoxy) is 1. The Morgan fingerprint density at radius 3 is 2.39 bits per heavy atom. The summed E-state index contributed by atoms with van der Waals surface area (Å²) >= 11 is 6.06. The normalized spacial score (nSPS) is 22.4. The summed E-state index contributed by atoms with van der Waals surface area (Å²) in [6.07, 6.45) is 2.90. The van der Waals surface area contributed by atoms with Gasteiger partial charge in [0, 0.05) is 36.6 Å². The number of hydrogen-bond donors (Lipinski definition) is 2. The van der Waals surface area contributed by atoms with Crippen molar-refractivity contribution in [1.29, 1.82) is 5.41 Å². The minimum absolute atomic E-state index is 0. The van der Waals surface area contributed by atoms with Gasteiger partial charge in [-0.05, 0) is 67.6 Å². The molecule has 0 radical (unpaired) electrons. The Balaban J connectivity index is 0.00000400. The zero-order chi connectivity index (χ0) is 26.7. The predicted molar refractivity (Wildman–Crippen MR) is 149 cm³/mol. The van der Waals surface area contributed by atoms with Gasteiger partial charge in [-0.1, -0.05) is 23.7 Å². The number of halogens is 2. The Morgan fingerprint density at radius 1 is 1.08 bits per heavy atom. The van der Waals surface area contributed by atoms with E-state index in [-0.39, 0.29) is 61.2 Å². The Labute approximate surface area is 234 Å². The lowest BCUT2D eigenvalue weighted by Crippen LogP contribution is -2.58. The van der Waals surface area contributed by atoms with Crippen LogP contribution < -0.4 is 5.32 Å². The number of methoxy groups -OCH3 is 1. The maximum absolute atomic E-state index is 13.7. The lowest BCUT2D eigenvalue weighted by atomic mass is 9.85. The largest absolute Gasteiger partial charge is 0.469 e.